The van der Waals surface area contributed by atoms with E-state index in [1.54, 1.807) is 7.11 Å². The topological polar surface area (TPSA) is 76.3 Å². The van der Waals surface area contributed by atoms with Crippen molar-refractivity contribution in [2.75, 3.05) is 31.8 Å². The Hall–Kier alpha value is -1.56. The zero-order valence-corrected chi connectivity index (χ0v) is 11.2. The average molecular weight is 251 g/mol. The highest BCUT2D eigenvalue weighted by molar-refractivity contribution is 5.61. The molecule has 1 fully saturated rings. The summed E-state index contributed by atoms with van der Waals surface area (Å²) in [4.78, 5) is 10.5. The molecule has 0 amide bonds. The molecule has 0 aromatic carbocycles. The third-order valence-electron chi connectivity index (χ3n) is 3.58. The fourth-order valence-corrected chi connectivity index (χ4v) is 2.31. The Morgan fingerprint density at radius 3 is 2.94 bits per heavy atom. The molecule has 1 aliphatic heterocycles. The van der Waals surface area contributed by atoms with Gasteiger partial charge in [0.15, 0.2) is 11.6 Å². The molecule has 1 saturated heterocycles. The van der Waals surface area contributed by atoms with Gasteiger partial charge in [-0.05, 0) is 26.8 Å². The highest BCUT2D eigenvalue weighted by Crippen LogP contribution is 2.28. The van der Waals surface area contributed by atoms with E-state index in [1.807, 2.05) is 0 Å². The van der Waals surface area contributed by atoms with Crippen molar-refractivity contribution in [2.45, 2.75) is 31.8 Å². The first-order valence-corrected chi connectivity index (χ1v) is 6.23. The molecule has 1 aromatic heterocycles. The molecule has 6 heteroatoms. The summed E-state index contributed by atoms with van der Waals surface area (Å²) in [6, 6.07) is 0.973. The molecule has 0 saturated carbocycles. The molecule has 18 heavy (non-hydrogen) atoms. The minimum Gasteiger partial charge on any atom is -0.490 e. The monoisotopic (exact) mass is 251 g/mol. The van der Waals surface area contributed by atoms with Crippen molar-refractivity contribution in [2.24, 2.45) is 0 Å². The molecule has 0 bridgehead atoms. The summed E-state index contributed by atoms with van der Waals surface area (Å²) in [6.45, 7) is 3.32. The standard InChI is InChI=1S/C12H21N5O/c1-8-6-9(4-5-17(8)2)16-12-10(18-3)11(13)14-7-15-12/h7-9H,4-6H2,1-3H3,(H3,13,14,15,16). The lowest BCUT2D eigenvalue weighted by molar-refractivity contribution is 0.190. The fraction of sp³-hybridized carbons (Fsp3) is 0.667. The van der Waals surface area contributed by atoms with Gasteiger partial charge < -0.3 is 20.7 Å². The minimum atomic E-state index is 0.371. The summed E-state index contributed by atoms with van der Waals surface area (Å²) in [5.74, 6) is 1.59. The number of likely N-dealkylation sites (tertiary alicyclic amines) is 1. The van der Waals surface area contributed by atoms with Gasteiger partial charge in [-0.25, -0.2) is 9.97 Å². The first-order valence-electron chi connectivity index (χ1n) is 6.23. The molecule has 2 rings (SSSR count). The third kappa shape index (κ3) is 2.64. The van der Waals surface area contributed by atoms with E-state index < -0.39 is 0 Å². The minimum absolute atomic E-state index is 0.371. The van der Waals surface area contributed by atoms with Crippen LogP contribution in [-0.2, 0) is 0 Å². The lowest BCUT2D eigenvalue weighted by atomic mass is 9.99. The number of rotatable bonds is 3. The van der Waals surface area contributed by atoms with E-state index in [1.165, 1.54) is 6.33 Å². The maximum Gasteiger partial charge on any atom is 0.203 e. The lowest BCUT2D eigenvalue weighted by Crippen LogP contribution is -2.42. The van der Waals surface area contributed by atoms with Crippen molar-refractivity contribution in [3.8, 4) is 5.75 Å². The molecule has 100 valence electrons. The van der Waals surface area contributed by atoms with Gasteiger partial charge in [-0.1, -0.05) is 0 Å². The number of nitrogen functional groups attached to an aromatic ring is 1. The van der Waals surface area contributed by atoms with Crippen LogP contribution in [-0.4, -0.2) is 47.7 Å². The zero-order valence-electron chi connectivity index (χ0n) is 11.2. The Morgan fingerprint density at radius 1 is 1.50 bits per heavy atom. The van der Waals surface area contributed by atoms with Crippen LogP contribution in [0.4, 0.5) is 11.6 Å². The number of methoxy groups -OCH3 is 1. The molecular formula is C12H21N5O. The van der Waals surface area contributed by atoms with Gasteiger partial charge in [-0.15, -0.1) is 0 Å². The number of nitrogens with one attached hydrogen (secondary N) is 1. The van der Waals surface area contributed by atoms with E-state index in [2.05, 4.69) is 34.2 Å². The highest BCUT2D eigenvalue weighted by Gasteiger charge is 2.24. The van der Waals surface area contributed by atoms with Crippen molar-refractivity contribution in [1.29, 1.82) is 0 Å². The number of nitrogens with two attached hydrogens (primary N) is 1. The molecule has 2 unspecified atom stereocenters. The fourth-order valence-electron chi connectivity index (χ4n) is 2.31. The van der Waals surface area contributed by atoms with Crippen LogP contribution in [0, 0.1) is 0 Å². The Labute approximate surface area is 108 Å². The summed E-state index contributed by atoms with van der Waals surface area (Å²) < 4.78 is 5.24. The molecule has 3 N–H and O–H groups in total. The van der Waals surface area contributed by atoms with Gasteiger partial charge in [0, 0.05) is 18.6 Å². The smallest absolute Gasteiger partial charge is 0.203 e. The van der Waals surface area contributed by atoms with Crippen molar-refractivity contribution in [3.63, 3.8) is 0 Å². The number of piperidine rings is 1. The second-order valence-electron chi connectivity index (χ2n) is 4.84. The maximum absolute atomic E-state index is 5.76. The Bertz CT molecular complexity index is 411. The van der Waals surface area contributed by atoms with Gasteiger partial charge in [0.1, 0.15) is 6.33 Å². The Kier molecular flexibility index (Phi) is 3.86. The second kappa shape index (κ2) is 5.39. The largest absolute Gasteiger partial charge is 0.490 e. The Morgan fingerprint density at radius 2 is 2.28 bits per heavy atom. The third-order valence-corrected chi connectivity index (χ3v) is 3.58. The molecule has 6 nitrogen and oxygen atoms in total. The predicted molar refractivity (Wildman–Crippen MR) is 71.7 cm³/mol. The van der Waals surface area contributed by atoms with E-state index in [-0.39, 0.29) is 0 Å². The molecular weight excluding hydrogens is 230 g/mol. The summed E-state index contributed by atoms with van der Waals surface area (Å²) in [6.07, 6.45) is 3.63. The van der Waals surface area contributed by atoms with Crippen LogP contribution in [0.15, 0.2) is 6.33 Å². The average Bonchev–Trinajstić information content (AvgIpc) is 2.34. The van der Waals surface area contributed by atoms with Crippen molar-refractivity contribution >= 4 is 11.6 Å². The van der Waals surface area contributed by atoms with E-state index >= 15 is 0 Å². The van der Waals surface area contributed by atoms with E-state index in [0.29, 0.717) is 29.5 Å². The first-order chi connectivity index (χ1) is 8.61. The first kappa shape index (κ1) is 12.9. The number of hydrogen-bond donors (Lipinski definition) is 2. The Balaban J connectivity index is 2.08. The number of nitrogens with zero attached hydrogens (tertiary/aromatic N) is 3. The van der Waals surface area contributed by atoms with E-state index in [9.17, 15) is 0 Å². The normalized spacial score (nSPS) is 24.8. The zero-order chi connectivity index (χ0) is 13.1. The molecule has 2 heterocycles. The van der Waals surface area contributed by atoms with Crippen LogP contribution in [0.5, 0.6) is 5.75 Å². The van der Waals surface area contributed by atoms with Crippen LogP contribution in [0.1, 0.15) is 19.8 Å². The molecule has 0 aliphatic carbocycles. The van der Waals surface area contributed by atoms with Gasteiger partial charge in [-0.2, -0.15) is 0 Å². The number of ether oxygens (including phenoxy) is 1. The SMILES string of the molecule is COc1c(N)ncnc1NC1CCN(C)C(C)C1. The summed E-state index contributed by atoms with van der Waals surface area (Å²) >= 11 is 0. The highest BCUT2D eigenvalue weighted by atomic mass is 16.5. The summed E-state index contributed by atoms with van der Waals surface area (Å²) in [5.41, 5.74) is 5.76. The van der Waals surface area contributed by atoms with Crippen molar-refractivity contribution in [3.05, 3.63) is 6.33 Å². The van der Waals surface area contributed by atoms with Crippen LogP contribution < -0.4 is 15.8 Å². The van der Waals surface area contributed by atoms with Gasteiger partial charge in [-0.3, -0.25) is 0 Å². The van der Waals surface area contributed by atoms with Crippen LogP contribution in [0.25, 0.3) is 0 Å². The number of aromatic nitrogens is 2. The van der Waals surface area contributed by atoms with Gasteiger partial charge in [0.05, 0.1) is 7.11 Å². The van der Waals surface area contributed by atoms with Gasteiger partial charge in [0.25, 0.3) is 0 Å². The lowest BCUT2D eigenvalue weighted by Gasteiger charge is -2.35. The van der Waals surface area contributed by atoms with Crippen molar-refractivity contribution in [1.82, 2.24) is 14.9 Å². The number of anilines is 2. The molecule has 2 atom stereocenters. The quantitative estimate of drug-likeness (QED) is 0.833. The second-order valence-corrected chi connectivity index (χ2v) is 4.84. The van der Waals surface area contributed by atoms with E-state index in [0.717, 1.165) is 19.4 Å². The summed E-state index contributed by atoms with van der Waals surface area (Å²) in [7, 11) is 3.74. The van der Waals surface area contributed by atoms with E-state index in [4.69, 9.17) is 10.5 Å². The molecule has 1 aromatic rings. The van der Waals surface area contributed by atoms with Crippen LogP contribution in [0.3, 0.4) is 0 Å². The van der Waals surface area contributed by atoms with Crippen LogP contribution >= 0.6 is 0 Å². The van der Waals surface area contributed by atoms with Gasteiger partial charge >= 0.3 is 0 Å². The van der Waals surface area contributed by atoms with Gasteiger partial charge in [0.2, 0.25) is 5.75 Å². The number of hydrogen-bond acceptors (Lipinski definition) is 6. The predicted octanol–water partition coefficient (Wildman–Crippen LogP) is 0.962. The maximum atomic E-state index is 5.76. The van der Waals surface area contributed by atoms with Crippen molar-refractivity contribution < 1.29 is 4.74 Å². The molecule has 0 spiro atoms. The molecule has 0 radical (unpaired) electrons. The summed E-state index contributed by atoms with van der Waals surface area (Å²) in [5, 5.41) is 3.41. The van der Waals surface area contributed by atoms with Crippen LogP contribution in [0.2, 0.25) is 0 Å². The molecule has 1 aliphatic rings.